The Morgan fingerprint density at radius 2 is 1.94 bits per heavy atom. The predicted molar refractivity (Wildman–Crippen MR) is 132 cm³/mol. The van der Waals surface area contributed by atoms with Gasteiger partial charge in [0, 0.05) is 39.8 Å². The number of aromatic nitrogens is 3. The van der Waals surface area contributed by atoms with E-state index in [9.17, 15) is 4.79 Å². The fourth-order valence-corrected chi connectivity index (χ4v) is 4.63. The highest BCUT2D eigenvalue weighted by Crippen LogP contribution is 2.44. The van der Waals surface area contributed by atoms with Gasteiger partial charge in [-0.1, -0.05) is 71.5 Å². The second-order valence-corrected chi connectivity index (χ2v) is 8.99. The van der Waals surface area contributed by atoms with Crippen LogP contribution in [0.3, 0.4) is 0 Å². The summed E-state index contributed by atoms with van der Waals surface area (Å²) in [6.45, 7) is 2.15. The highest BCUT2D eigenvalue weighted by molar-refractivity contribution is 9.10. The lowest BCUT2D eigenvalue weighted by Gasteiger charge is -2.13. The maximum absolute atomic E-state index is 12.4. The lowest BCUT2D eigenvalue weighted by molar-refractivity contribution is -0.143. The van der Waals surface area contributed by atoms with Crippen molar-refractivity contribution in [2.24, 2.45) is 5.16 Å². The molecule has 4 aromatic rings. The van der Waals surface area contributed by atoms with Gasteiger partial charge in [-0.2, -0.15) is 0 Å². The maximum atomic E-state index is 12.4. The largest absolute Gasteiger partial charge is 0.335 e. The minimum atomic E-state index is -0.315. The van der Waals surface area contributed by atoms with E-state index >= 15 is 0 Å². The van der Waals surface area contributed by atoms with Gasteiger partial charge in [0.05, 0.1) is 11.1 Å². The van der Waals surface area contributed by atoms with Crippen LogP contribution in [0.2, 0.25) is 0 Å². The Bertz CT molecular complexity index is 1360. The average Bonchev–Trinajstić information content (AvgIpc) is 3.47. The van der Waals surface area contributed by atoms with Crippen LogP contribution in [-0.2, 0) is 9.63 Å². The molecule has 0 unspecified atom stereocenters. The van der Waals surface area contributed by atoms with Crippen LogP contribution in [0, 0.1) is 0 Å². The van der Waals surface area contributed by atoms with Gasteiger partial charge < -0.3 is 4.84 Å². The molecule has 7 heteroatoms. The topological polar surface area (TPSA) is 69.4 Å². The third-order valence-corrected chi connectivity index (χ3v) is 6.33. The standard InChI is InChI=1S/C26H23BrN4O2/c1-2-3-4-5-10-22(32)33-30-25-19-9-7-6-8-18(19)23-20-15-17(27)11-12-21(20)29-26(24(23)25)31-14-13-28-16-31/h6-9,11-16H,2-5,10H2,1H3/b30-25+. The molecular weight excluding hydrogens is 480 g/mol. The predicted octanol–water partition coefficient (Wildman–Crippen LogP) is 6.43. The first kappa shape index (κ1) is 21.5. The Labute approximate surface area is 200 Å². The summed E-state index contributed by atoms with van der Waals surface area (Å²) in [5, 5.41) is 5.39. The lowest BCUT2D eigenvalue weighted by Crippen LogP contribution is -2.09. The van der Waals surface area contributed by atoms with E-state index in [1.165, 1.54) is 0 Å². The quantitative estimate of drug-likeness (QED) is 0.146. The molecular formula is C26H23BrN4O2. The van der Waals surface area contributed by atoms with Crippen molar-refractivity contribution >= 4 is 38.5 Å². The molecule has 0 bridgehead atoms. The number of unbranched alkanes of at least 4 members (excludes halogenated alkanes) is 3. The molecule has 0 atom stereocenters. The van der Waals surface area contributed by atoms with Gasteiger partial charge >= 0.3 is 5.97 Å². The van der Waals surface area contributed by atoms with E-state index < -0.39 is 0 Å². The van der Waals surface area contributed by atoms with Crippen LogP contribution < -0.4 is 0 Å². The minimum absolute atomic E-state index is 0.315. The molecule has 0 saturated carbocycles. The monoisotopic (exact) mass is 502 g/mol. The molecule has 33 heavy (non-hydrogen) atoms. The van der Waals surface area contributed by atoms with Gasteiger partial charge in [-0.25, -0.2) is 14.8 Å². The summed E-state index contributed by atoms with van der Waals surface area (Å²) in [7, 11) is 0. The fraction of sp³-hybridized carbons (Fsp3) is 0.231. The molecule has 2 aromatic carbocycles. The molecule has 1 aliphatic carbocycles. The summed E-state index contributed by atoms with van der Waals surface area (Å²) in [6.07, 6.45) is 9.72. The molecule has 0 saturated heterocycles. The van der Waals surface area contributed by atoms with Crippen LogP contribution in [0.4, 0.5) is 0 Å². The van der Waals surface area contributed by atoms with Gasteiger partial charge in [0.1, 0.15) is 17.9 Å². The average molecular weight is 503 g/mol. The van der Waals surface area contributed by atoms with Crippen LogP contribution in [0.25, 0.3) is 27.8 Å². The molecule has 0 amide bonds. The molecule has 166 valence electrons. The van der Waals surface area contributed by atoms with E-state index in [0.29, 0.717) is 18.0 Å². The summed E-state index contributed by atoms with van der Waals surface area (Å²) in [5.74, 6) is 0.386. The Kier molecular flexibility index (Phi) is 6.05. The molecule has 2 heterocycles. The van der Waals surface area contributed by atoms with Gasteiger partial charge in [0.25, 0.3) is 0 Å². The molecule has 1 aliphatic rings. The maximum Gasteiger partial charge on any atom is 0.335 e. The highest BCUT2D eigenvalue weighted by Gasteiger charge is 2.32. The second kappa shape index (κ2) is 9.27. The van der Waals surface area contributed by atoms with Crippen LogP contribution >= 0.6 is 15.9 Å². The number of carbonyl (C=O) groups is 1. The number of imidazole rings is 1. The van der Waals surface area contributed by atoms with Crippen LogP contribution in [0.1, 0.15) is 50.2 Å². The van der Waals surface area contributed by atoms with E-state index in [4.69, 9.17) is 9.82 Å². The van der Waals surface area contributed by atoms with Crippen molar-refractivity contribution in [1.82, 2.24) is 14.5 Å². The number of pyridine rings is 1. The van der Waals surface area contributed by atoms with Crippen molar-refractivity contribution in [3.8, 4) is 16.9 Å². The number of nitrogens with zero attached hydrogens (tertiary/aromatic N) is 4. The van der Waals surface area contributed by atoms with Gasteiger partial charge in [-0.3, -0.25) is 4.57 Å². The number of benzene rings is 2. The molecule has 0 aliphatic heterocycles. The summed E-state index contributed by atoms with van der Waals surface area (Å²) < 4.78 is 2.84. The van der Waals surface area contributed by atoms with Crippen LogP contribution in [0.15, 0.2) is 70.8 Å². The smallest absolute Gasteiger partial charge is 0.318 e. The lowest BCUT2D eigenvalue weighted by atomic mass is 10.0. The molecule has 0 N–H and O–H groups in total. The first-order chi connectivity index (χ1) is 16.2. The third-order valence-electron chi connectivity index (χ3n) is 5.84. The Balaban J connectivity index is 1.66. The number of hydrogen-bond acceptors (Lipinski definition) is 5. The van der Waals surface area contributed by atoms with Crippen LogP contribution in [-0.4, -0.2) is 26.2 Å². The van der Waals surface area contributed by atoms with E-state index in [-0.39, 0.29) is 5.97 Å². The van der Waals surface area contributed by atoms with Crippen molar-refractivity contribution in [1.29, 1.82) is 0 Å². The summed E-state index contributed by atoms with van der Waals surface area (Å²) >= 11 is 3.60. The normalized spacial score (nSPS) is 13.3. The summed E-state index contributed by atoms with van der Waals surface area (Å²) in [6, 6.07) is 14.1. The number of fused-ring (bicyclic) bond motifs is 5. The molecule has 2 aromatic heterocycles. The Morgan fingerprint density at radius 3 is 2.73 bits per heavy atom. The fourth-order valence-electron chi connectivity index (χ4n) is 4.27. The number of halogens is 1. The molecule has 0 spiro atoms. The molecule has 0 fully saturated rings. The number of carbonyl (C=O) groups excluding carboxylic acids is 1. The second-order valence-electron chi connectivity index (χ2n) is 8.08. The van der Waals surface area contributed by atoms with Gasteiger partial charge in [-0.15, -0.1) is 0 Å². The van der Waals surface area contributed by atoms with E-state index in [0.717, 1.165) is 63.3 Å². The van der Waals surface area contributed by atoms with Gasteiger partial charge in [0.2, 0.25) is 0 Å². The molecule has 6 nitrogen and oxygen atoms in total. The third kappa shape index (κ3) is 4.09. The zero-order valence-electron chi connectivity index (χ0n) is 18.3. The van der Waals surface area contributed by atoms with Crippen molar-refractivity contribution in [3.05, 3.63) is 76.8 Å². The van der Waals surface area contributed by atoms with Crippen molar-refractivity contribution in [2.75, 3.05) is 0 Å². The first-order valence-corrected chi connectivity index (χ1v) is 12.0. The molecule has 0 radical (unpaired) electrons. The van der Waals surface area contributed by atoms with Crippen molar-refractivity contribution < 1.29 is 9.63 Å². The van der Waals surface area contributed by atoms with E-state index in [1.54, 1.807) is 12.5 Å². The number of rotatable bonds is 7. The SMILES string of the molecule is CCCCCCC(=O)O/N=C1\c2ccccc2-c2c1c(-n1ccnc1)nc1ccc(Br)cc21. The van der Waals surface area contributed by atoms with Gasteiger partial charge in [-0.05, 0) is 30.2 Å². The molecule has 5 rings (SSSR count). The van der Waals surface area contributed by atoms with E-state index in [2.05, 4.69) is 45.1 Å². The minimum Gasteiger partial charge on any atom is -0.318 e. The summed E-state index contributed by atoms with van der Waals surface area (Å²) in [5.41, 5.74) is 5.29. The van der Waals surface area contributed by atoms with E-state index in [1.807, 2.05) is 41.1 Å². The Hall–Kier alpha value is -3.32. The van der Waals surface area contributed by atoms with Crippen molar-refractivity contribution in [3.63, 3.8) is 0 Å². The van der Waals surface area contributed by atoms with Crippen molar-refractivity contribution in [2.45, 2.75) is 39.0 Å². The number of oxime groups is 1. The zero-order valence-corrected chi connectivity index (χ0v) is 19.9. The Morgan fingerprint density at radius 1 is 1.09 bits per heavy atom. The number of hydrogen-bond donors (Lipinski definition) is 0. The summed E-state index contributed by atoms with van der Waals surface area (Å²) in [4.78, 5) is 27.0. The highest BCUT2D eigenvalue weighted by atomic mass is 79.9. The first-order valence-electron chi connectivity index (χ1n) is 11.2. The zero-order chi connectivity index (χ0) is 22.8. The van der Waals surface area contributed by atoms with Gasteiger partial charge in [0.15, 0.2) is 0 Å². The van der Waals surface area contributed by atoms with Crippen LogP contribution in [0.5, 0.6) is 0 Å².